The number of aromatic nitrogens is 1. The minimum atomic E-state index is -0.115. The van der Waals surface area contributed by atoms with Crippen molar-refractivity contribution in [2.24, 2.45) is 5.73 Å². The summed E-state index contributed by atoms with van der Waals surface area (Å²) in [6.07, 6.45) is 2.21. The zero-order valence-corrected chi connectivity index (χ0v) is 12.2. The second-order valence-corrected chi connectivity index (χ2v) is 4.85. The van der Waals surface area contributed by atoms with Crippen molar-refractivity contribution >= 4 is 28.0 Å². The van der Waals surface area contributed by atoms with Crippen molar-refractivity contribution in [3.8, 4) is 11.5 Å². The number of pyridine rings is 1. The summed E-state index contributed by atoms with van der Waals surface area (Å²) >= 11 is 4.84. The van der Waals surface area contributed by atoms with E-state index in [9.17, 15) is 4.79 Å². The molecule has 0 amide bonds. The van der Waals surface area contributed by atoms with E-state index in [0.29, 0.717) is 34.8 Å². The number of nitrogens with zero attached hydrogens (tertiary/aromatic N) is 1. The minimum absolute atomic E-state index is 0.115. The van der Waals surface area contributed by atoms with E-state index in [-0.39, 0.29) is 5.56 Å². The minimum Gasteiger partial charge on any atom is -0.497 e. The molecule has 0 radical (unpaired) electrons. The molecule has 0 fully saturated rings. The van der Waals surface area contributed by atoms with Gasteiger partial charge in [-0.2, -0.15) is 0 Å². The summed E-state index contributed by atoms with van der Waals surface area (Å²) in [4.78, 5) is 12.8. The van der Waals surface area contributed by atoms with Crippen molar-refractivity contribution in [1.29, 1.82) is 0 Å². The lowest BCUT2D eigenvalue weighted by Crippen LogP contribution is -2.22. The van der Waals surface area contributed by atoms with Crippen LogP contribution in [0.3, 0.4) is 0 Å². The van der Waals surface area contributed by atoms with Crippen molar-refractivity contribution in [2.75, 3.05) is 14.2 Å². The topological polar surface area (TPSA) is 66.5 Å². The van der Waals surface area contributed by atoms with Gasteiger partial charge in [-0.3, -0.25) is 4.79 Å². The van der Waals surface area contributed by atoms with Gasteiger partial charge in [-0.25, -0.2) is 0 Å². The van der Waals surface area contributed by atoms with Crippen LogP contribution in [0.2, 0.25) is 0 Å². The molecule has 0 saturated carbocycles. The fourth-order valence-electron chi connectivity index (χ4n) is 2.03. The molecule has 0 aliphatic heterocycles. The van der Waals surface area contributed by atoms with Crippen molar-refractivity contribution in [1.82, 2.24) is 4.57 Å². The normalized spacial score (nSPS) is 10.5. The molecular weight excluding hydrogens is 276 g/mol. The molecule has 2 aromatic rings. The third-order valence-electron chi connectivity index (χ3n) is 3.08. The Kier molecular flexibility index (Phi) is 4.24. The van der Waals surface area contributed by atoms with Gasteiger partial charge in [0.25, 0.3) is 5.56 Å². The number of hydrogen-bond donors (Lipinski definition) is 1. The van der Waals surface area contributed by atoms with Crippen LogP contribution in [0.25, 0.3) is 10.8 Å². The fraction of sp³-hybridized carbons (Fsp3) is 0.286. The predicted molar refractivity (Wildman–Crippen MR) is 82.7 cm³/mol. The van der Waals surface area contributed by atoms with Gasteiger partial charge in [0.05, 0.1) is 24.6 Å². The highest BCUT2D eigenvalue weighted by Crippen LogP contribution is 2.28. The molecule has 1 aromatic carbocycles. The molecule has 0 saturated heterocycles. The maximum atomic E-state index is 12.4. The summed E-state index contributed by atoms with van der Waals surface area (Å²) in [6, 6.07) is 5.30. The molecule has 5 nitrogen and oxygen atoms in total. The maximum Gasteiger partial charge on any atom is 0.258 e. The number of ether oxygens (including phenoxy) is 2. The predicted octanol–water partition coefficient (Wildman–Crippen LogP) is 1.69. The van der Waals surface area contributed by atoms with Crippen molar-refractivity contribution < 1.29 is 9.47 Å². The lowest BCUT2D eigenvalue weighted by atomic mass is 10.1. The van der Waals surface area contributed by atoms with E-state index >= 15 is 0 Å². The zero-order valence-electron chi connectivity index (χ0n) is 11.4. The van der Waals surface area contributed by atoms with Gasteiger partial charge in [0.15, 0.2) is 0 Å². The Balaban J connectivity index is 2.59. The monoisotopic (exact) mass is 292 g/mol. The number of fused-ring (bicyclic) bond motifs is 1. The van der Waals surface area contributed by atoms with E-state index in [1.165, 1.54) is 0 Å². The third kappa shape index (κ3) is 2.75. The molecule has 6 heteroatoms. The summed E-state index contributed by atoms with van der Waals surface area (Å²) in [5.41, 5.74) is 5.36. The van der Waals surface area contributed by atoms with Gasteiger partial charge >= 0.3 is 0 Å². The Hall–Kier alpha value is -2.08. The van der Waals surface area contributed by atoms with Crippen LogP contribution in [0.5, 0.6) is 11.5 Å². The Bertz CT molecular complexity index is 709. The van der Waals surface area contributed by atoms with Gasteiger partial charge in [0, 0.05) is 30.6 Å². The number of methoxy groups -OCH3 is 2. The van der Waals surface area contributed by atoms with E-state index < -0.39 is 0 Å². The Morgan fingerprint density at radius 1 is 1.30 bits per heavy atom. The highest BCUT2D eigenvalue weighted by atomic mass is 32.1. The smallest absolute Gasteiger partial charge is 0.258 e. The number of rotatable bonds is 5. The lowest BCUT2D eigenvalue weighted by molar-refractivity contribution is 0.398. The quantitative estimate of drug-likeness (QED) is 0.850. The van der Waals surface area contributed by atoms with E-state index in [1.807, 2.05) is 6.07 Å². The molecule has 0 aliphatic rings. The van der Waals surface area contributed by atoms with Crippen molar-refractivity contribution in [2.45, 2.75) is 13.0 Å². The molecular formula is C14H16N2O3S. The fourth-order valence-corrected chi connectivity index (χ4v) is 2.12. The first-order valence-electron chi connectivity index (χ1n) is 6.10. The number of thiocarbonyl (C=S) groups is 1. The van der Waals surface area contributed by atoms with Gasteiger partial charge in [0.2, 0.25) is 0 Å². The van der Waals surface area contributed by atoms with Crippen LogP contribution in [-0.2, 0) is 6.54 Å². The lowest BCUT2D eigenvalue weighted by Gasteiger charge is -2.11. The Morgan fingerprint density at radius 2 is 2.05 bits per heavy atom. The van der Waals surface area contributed by atoms with E-state index in [4.69, 9.17) is 27.4 Å². The molecule has 20 heavy (non-hydrogen) atoms. The molecule has 1 aromatic heterocycles. The number of nitrogens with two attached hydrogens (primary N) is 1. The number of hydrogen-bond acceptors (Lipinski definition) is 4. The summed E-state index contributed by atoms with van der Waals surface area (Å²) in [6.45, 7) is 0.462. The zero-order chi connectivity index (χ0) is 14.7. The first kappa shape index (κ1) is 14.3. The van der Waals surface area contributed by atoms with Crippen LogP contribution in [0, 0.1) is 0 Å². The molecule has 0 bridgehead atoms. The molecule has 0 unspecified atom stereocenters. The standard InChI is InChI=1S/C14H16N2O3S/c1-18-9-7-11-10(12(8-9)19-2)3-5-16(14(11)17)6-4-13(15)20/h3,5,7-8H,4,6H2,1-2H3,(H2,15,20). The molecule has 0 spiro atoms. The summed E-state index contributed by atoms with van der Waals surface area (Å²) in [5.74, 6) is 1.19. The van der Waals surface area contributed by atoms with Crippen LogP contribution in [0.15, 0.2) is 29.2 Å². The average molecular weight is 292 g/mol. The highest BCUT2D eigenvalue weighted by molar-refractivity contribution is 7.80. The first-order chi connectivity index (χ1) is 9.56. The molecule has 2 N–H and O–H groups in total. The van der Waals surface area contributed by atoms with Gasteiger partial charge in [-0.05, 0) is 12.1 Å². The molecule has 1 heterocycles. The summed E-state index contributed by atoms with van der Waals surface area (Å²) < 4.78 is 12.1. The second kappa shape index (κ2) is 5.92. The first-order valence-corrected chi connectivity index (χ1v) is 6.51. The van der Waals surface area contributed by atoms with Crippen LogP contribution in [0.1, 0.15) is 6.42 Å². The number of benzene rings is 1. The number of aryl methyl sites for hydroxylation is 1. The second-order valence-electron chi connectivity index (χ2n) is 4.32. The van der Waals surface area contributed by atoms with Crippen LogP contribution in [0.4, 0.5) is 0 Å². The molecule has 0 atom stereocenters. The van der Waals surface area contributed by atoms with Gasteiger partial charge in [0.1, 0.15) is 11.5 Å². The van der Waals surface area contributed by atoms with E-state index in [1.54, 1.807) is 37.1 Å². The third-order valence-corrected chi connectivity index (χ3v) is 3.29. The van der Waals surface area contributed by atoms with E-state index in [0.717, 1.165) is 5.39 Å². The van der Waals surface area contributed by atoms with Gasteiger partial charge in [-0.15, -0.1) is 0 Å². The van der Waals surface area contributed by atoms with E-state index in [2.05, 4.69) is 0 Å². The largest absolute Gasteiger partial charge is 0.497 e. The summed E-state index contributed by atoms with van der Waals surface area (Å²) in [5, 5.41) is 1.30. The van der Waals surface area contributed by atoms with Gasteiger partial charge in [-0.1, -0.05) is 12.2 Å². The Labute approximate surface area is 121 Å². The Morgan fingerprint density at radius 3 is 2.65 bits per heavy atom. The van der Waals surface area contributed by atoms with Crippen molar-refractivity contribution in [3.63, 3.8) is 0 Å². The highest BCUT2D eigenvalue weighted by Gasteiger charge is 2.10. The maximum absolute atomic E-state index is 12.4. The average Bonchev–Trinajstić information content (AvgIpc) is 2.45. The van der Waals surface area contributed by atoms with Crippen LogP contribution < -0.4 is 20.8 Å². The van der Waals surface area contributed by atoms with Gasteiger partial charge < -0.3 is 19.8 Å². The molecule has 106 valence electrons. The molecule has 0 aliphatic carbocycles. The summed E-state index contributed by atoms with van der Waals surface area (Å²) in [7, 11) is 3.11. The SMILES string of the molecule is COc1cc(OC)c2ccn(CCC(N)=S)c(=O)c2c1. The van der Waals surface area contributed by atoms with Crippen LogP contribution in [-0.4, -0.2) is 23.8 Å². The van der Waals surface area contributed by atoms with Crippen molar-refractivity contribution in [3.05, 3.63) is 34.7 Å². The molecule has 2 rings (SSSR count). The van der Waals surface area contributed by atoms with Crippen LogP contribution >= 0.6 is 12.2 Å².